The minimum absolute atomic E-state index is 0.0279. The summed E-state index contributed by atoms with van der Waals surface area (Å²) in [7, 11) is 0. The zero-order valence-electron chi connectivity index (χ0n) is 19.7. The third kappa shape index (κ3) is 5.08. The molecule has 1 fully saturated rings. The number of aromatic nitrogens is 2. The van der Waals surface area contributed by atoms with Crippen LogP contribution in [0.5, 0.6) is 0 Å². The number of carbonyl (C=O) groups is 2. The molecule has 0 saturated carbocycles. The molecule has 1 aromatic carbocycles. The number of nitrogens with one attached hydrogen (secondary N) is 2. The fourth-order valence-corrected chi connectivity index (χ4v) is 4.57. The van der Waals surface area contributed by atoms with E-state index in [9.17, 15) is 9.59 Å². The maximum Gasteiger partial charge on any atom is 0.407 e. The number of ether oxygens (including phenoxy) is 1. The predicted molar refractivity (Wildman–Crippen MR) is 127 cm³/mol. The highest BCUT2D eigenvalue weighted by atomic mass is 16.6. The summed E-state index contributed by atoms with van der Waals surface area (Å²) in [5.74, 6) is 0.839. The summed E-state index contributed by atoms with van der Waals surface area (Å²) in [4.78, 5) is 28.7. The van der Waals surface area contributed by atoms with Gasteiger partial charge < -0.3 is 25.2 Å². The summed E-state index contributed by atoms with van der Waals surface area (Å²) in [5, 5.41) is 15.2. The summed E-state index contributed by atoms with van der Waals surface area (Å²) < 4.78 is 5.30. The predicted octanol–water partition coefficient (Wildman–Crippen LogP) is 2.87. The van der Waals surface area contributed by atoms with E-state index in [4.69, 9.17) is 4.74 Å². The molecule has 0 aliphatic carbocycles. The normalized spacial score (nSPS) is 20.4. The number of alkyl carbamates (subject to hydrolysis) is 1. The van der Waals surface area contributed by atoms with Crippen LogP contribution in [0.4, 0.5) is 16.3 Å². The van der Waals surface area contributed by atoms with Crippen LogP contribution in [0, 0.1) is 0 Å². The van der Waals surface area contributed by atoms with Gasteiger partial charge in [-0.3, -0.25) is 4.79 Å². The first-order valence-electron chi connectivity index (χ1n) is 11.5. The average Bonchev–Trinajstić information content (AvgIpc) is 2.79. The highest BCUT2D eigenvalue weighted by Gasteiger charge is 2.34. The molecule has 0 bridgehead atoms. The minimum Gasteiger partial charge on any atom is -0.447 e. The van der Waals surface area contributed by atoms with Gasteiger partial charge in [-0.05, 0) is 57.0 Å². The van der Waals surface area contributed by atoms with Crippen LogP contribution in [0.25, 0.3) is 11.3 Å². The Morgan fingerprint density at radius 1 is 1.15 bits per heavy atom. The van der Waals surface area contributed by atoms with E-state index in [0.717, 1.165) is 54.5 Å². The molecule has 2 aliphatic heterocycles. The molecule has 1 aromatic heterocycles. The molecule has 2 amide bonds. The van der Waals surface area contributed by atoms with Crippen molar-refractivity contribution >= 4 is 23.5 Å². The Morgan fingerprint density at radius 2 is 1.91 bits per heavy atom. The number of carbonyl (C=O) groups excluding carboxylic acids is 2. The molecular formula is C24H32N6O3. The maximum atomic E-state index is 12.4. The zero-order chi connectivity index (χ0) is 23.5. The maximum absolute atomic E-state index is 12.4. The van der Waals surface area contributed by atoms with E-state index in [0.29, 0.717) is 6.42 Å². The number of anilines is 2. The number of benzene rings is 1. The highest BCUT2D eigenvalue weighted by Crippen LogP contribution is 2.39. The summed E-state index contributed by atoms with van der Waals surface area (Å²) in [6.45, 7) is 10.9. The zero-order valence-corrected chi connectivity index (χ0v) is 19.7. The summed E-state index contributed by atoms with van der Waals surface area (Å²) in [6.07, 6.45) is -0.0818. The molecule has 3 heterocycles. The van der Waals surface area contributed by atoms with Crippen LogP contribution in [-0.4, -0.2) is 60.5 Å². The van der Waals surface area contributed by atoms with E-state index < -0.39 is 6.09 Å². The lowest BCUT2D eigenvalue weighted by Gasteiger charge is -2.39. The van der Waals surface area contributed by atoms with Crippen molar-refractivity contribution in [2.45, 2.75) is 52.3 Å². The number of fused-ring (bicyclic) bond motifs is 1. The fourth-order valence-electron chi connectivity index (χ4n) is 4.57. The quantitative estimate of drug-likeness (QED) is 0.736. The Hall–Kier alpha value is -3.20. The van der Waals surface area contributed by atoms with Crippen molar-refractivity contribution in [1.82, 2.24) is 20.8 Å². The lowest BCUT2D eigenvalue weighted by atomic mass is 9.90. The van der Waals surface area contributed by atoms with Gasteiger partial charge in [-0.15, -0.1) is 10.2 Å². The molecule has 0 radical (unpaired) electrons. The monoisotopic (exact) mass is 452 g/mol. The van der Waals surface area contributed by atoms with Crippen LogP contribution in [0.3, 0.4) is 0 Å². The van der Waals surface area contributed by atoms with Crippen LogP contribution in [-0.2, 0) is 9.53 Å². The SMILES string of the molecule is CC(=O)N1c2ccc(-c3ccc(N4CCNCC4)nn3)cc2[C@@H](NC(=O)OC(C)C)C[C@H]1C. The fraction of sp³-hybridized carbons (Fsp3) is 0.500. The largest absolute Gasteiger partial charge is 0.447 e. The van der Waals surface area contributed by atoms with Gasteiger partial charge in [-0.2, -0.15) is 0 Å². The Balaban J connectivity index is 1.64. The van der Waals surface area contributed by atoms with Crippen LogP contribution >= 0.6 is 0 Å². The van der Waals surface area contributed by atoms with Crippen LogP contribution in [0.15, 0.2) is 30.3 Å². The standard InChI is InChI=1S/C24H32N6O3/c1-15(2)33-24(32)26-21-13-16(3)30(17(4)31)22-7-5-18(14-19(21)22)20-6-8-23(28-27-20)29-11-9-25-10-12-29/h5-8,14-16,21,25H,9-13H2,1-4H3,(H,26,32)/t16-,21+/m1/s1. The number of piperazine rings is 1. The van der Waals surface area contributed by atoms with Crippen LogP contribution < -0.4 is 20.4 Å². The third-order valence-corrected chi connectivity index (χ3v) is 6.04. The molecular weight excluding hydrogens is 420 g/mol. The van der Waals surface area contributed by atoms with Crippen molar-refractivity contribution in [1.29, 1.82) is 0 Å². The van der Waals surface area contributed by atoms with Gasteiger partial charge in [0.2, 0.25) is 5.91 Å². The van der Waals surface area contributed by atoms with Gasteiger partial charge in [-0.1, -0.05) is 6.07 Å². The van der Waals surface area contributed by atoms with E-state index in [1.54, 1.807) is 11.8 Å². The highest BCUT2D eigenvalue weighted by molar-refractivity contribution is 5.94. The molecule has 33 heavy (non-hydrogen) atoms. The van der Waals surface area contributed by atoms with Gasteiger partial charge in [0, 0.05) is 50.4 Å². The molecule has 2 N–H and O–H groups in total. The number of rotatable bonds is 4. The Kier molecular flexibility index (Phi) is 6.78. The first kappa shape index (κ1) is 23.0. The second kappa shape index (κ2) is 9.74. The molecule has 4 rings (SSSR count). The summed E-state index contributed by atoms with van der Waals surface area (Å²) >= 11 is 0. The van der Waals surface area contributed by atoms with Gasteiger partial charge in [-0.25, -0.2) is 4.79 Å². The lowest BCUT2D eigenvalue weighted by molar-refractivity contribution is -0.117. The van der Waals surface area contributed by atoms with Crippen LogP contribution in [0.2, 0.25) is 0 Å². The van der Waals surface area contributed by atoms with Crippen molar-refractivity contribution in [2.75, 3.05) is 36.0 Å². The molecule has 2 aliphatic rings. The van der Waals surface area contributed by atoms with Gasteiger partial charge in [0.05, 0.1) is 17.8 Å². The molecule has 9 heteroatoms. The van der Waals surface area contributed by atoms with E-state index in [1.807, 2.05) is 51.1 Å². The van der Waals surface area contributed by atoms with E-state index >= 15 is 0 Å². The molecule has 176 valence electrons. The van der Waals surface area contributed by atoms with E-state index in [1.165, 1.54) is 0 Å². The molecule has 9 nitrogen and oxygen atoms in total. The third-order valence-electron chi connectivity index (χ3n) is 6.04. The molecule has 2 aromatic rings. The second-order valence-corrected chi connectivity index (χ2v) is 8.91. The Labute approximate surface area is 194 Å². The summed E-state index contributed by atoms with van der Waals surface area (Å²) in [5.41, 5.74) is 3.29. The molecule has 0 unspecified atom stereocenters. The van der Waals surface area contributed by atoms with Crippen molar-refractivity contribution in [3.05, 3.63) is 35.9 Å². The number of hydrogen-bond donors (Lipinski definition) is 2. The Bertz CT molecular complexity index is 1000. The second-order valence-electron chi connectivity index (χ2n) is 8.91. The Morgan fingerprint density at radius 3 is 2.55 bits per heavy atom. The van der Waals surface area contributed by atoms with Crippen molar-refractivity contribution in [3.8, 4) is 11.3 Å². The summed E-state index contributed by atoms with van der Waals surface area (Å²) in [6, 6.07) is 9.50. The van der Waals surface area contributed by atoms with Gasteiger partial charge in [0.25, 0.3) is 0 Å². The van der Waals surface area contributed by atoms with Crippen molar-refractivity contribution < 1.29 is 14.3 Å². The lowest BCUT2D eigenvalue weighted by Crippen LogP contribution is -2.45. The number of amides is 2. The van der Waals surface area contributed by atoms with Gasteiger partial charge >= 0.3 is 6.09 Å². The topological polar surface area (TPSA) is 99.7 Å². The van der Waals surface area contributed by atoms with Gasteiger partial charge in [0.1, 0.15) is 0 Å². The molecule has 0 spiro atoms. The van der Waals surface area contributed by atoms with Crippen molar-refractivity contribution in [2.24, 2.45) is 0 Å². The smallest absolute Gasteiger partial charge is 0.407 e. The van der Waals surface area contributed by atoms with E-state index in [-0.39, 0.29) is 24.1 Å². The van der Waals surface area contributed by atoms with Crippen molar-refractivity contribution in [3.63, 3.8) is 0 Å². The van der Waals surface area contributed by atoms with E-state index in [2.05, 4.69) is 25.7 Å². The molecule has 1 saturated heterocycles. The van der Waals surface area contributed by atoms with Crippen LogP contribution in [0.1, 0.15) is 45.7 Å². The number of hydrogen-bond acceptors (Lipinski definition) is 7. The first-order valence-corrected chi connectivity index (χ1v) is 11.5. The number of nitrogens with zero attached hydrogens (tertiary/aromatic N) is 4. The minimum atomic E-state index is -0.463. The van der Waals surface area contributed by atoms with Gasteiger partial charge in [0.15, 0.2) is 5.82 Å². The molecule has 2 atom stereocenters. The average molecular weight is 453 g/mol. The first-order chi connectivity index (χ1) is 15.8.